The maximum absolute atomic E-state index is 11.0. The van der Waals surface area contributed by atoms with Crippen LogP contribution in [0.3, 0.4) is 0 Å². The molecule has 1 N–H and O–H groups in total. The SMILES string of the molecule is CCCCCN(CCCCC)c1ccc(S(=O)O)cc1. The van der Waals surface area contributed by atoms with Gasteiger partial charge in [-0.05, 0) is 37.1 Å². The molecule has 0 heterocycles. The lowest BCUT2D eigenvalue weighted by atomic mass is 10.2. The van der Waals surface area contributed by atoms with E-state index in [0.717, 1.165) is 18.8 Å². The van der Waals surface area contributed by atoms with Crippen LogP contribution in [0.1, 0.15) is 52.4 Å². The summed E-state index contributed by atoms with van der Waals surface area (Å²) in [5.41, 5.74) is 1.16. The van der Waals surface area contributed by atoms with E-state index in [-0.39, 0.29) is 0 Å². The van der Waals surface area contributed by atoms with Gasteiger partial charge in [-0.25, -0.2) is 4.21 Å². The third-order valence-electron chi connectivity index (χ3n) is 3.47. The van der Waals surface area contributed by atoms with E-state index in [4.69, 9.17) is 4.55 Å². The molecular formula is C16H27NO2S. The first-order chi connectivity index (χ1) is 9.69. The van der Waals surface area contributed by atoms with Crippen molar-refractivity contribution in [2.45, 2.75) is 57.3 Å². The van der Waals surface area contributed by atoms with E-state index in [1.54, 1.807) is 12.1 Å². The highest BCUT2D eigenvalue weighted by atomic mass is 32.2. The molecule has 0 bridgehead atoms. The monoisotopic (exact) mass is 297 g/mol. The second-order valence-electron chi connectivity index (χ2n) is 5.14. The molecule has 1 aromatic rings. The van der Waals surface area contributed by atoms with Gasteiger partial charge in [-0.3, -0.25) is 0 Å². The molecule has 1 atom stereocenters. The van der Waals surface area contributed by atoms with E-state index < -0.39 is 11.1 Å². The highest BCUT2D eigenvalue weighted by Gasteiger charge is 2.07. The molecule has 0 aliphatic heterocycles. The van der Waals surface area contributed by atoms with Crippen LogP contribution in [0.15, 0.2) is 29.2 Å². The van der Waals surface area contributed by atoms with Crippen molar-refractivity contribution in [2.75, 3.05) is 18.0 Å². The second kappa shape index (κ2) is 9.94. The minimum absolute atomic E-state index is 0.468. The van der Waals surface area contributed by atoms with Crippen LogP contribution in [0.2, 0.25) is 0 Å². The Balaban J connectivity index is 2.66. The van der Waals surface area contributed by atoms with Crippen LogP contribution in [0.4, 0.5) is 5.69 Å². The van der Waals surface area contributed by atoms with Gasteiger partial charge in [0.25, 0.3) is 0 Å². The maximum atomic E-state index is 11.0. The number of nitrogens with zero attached hydrogens (tertiary/aromatic N) is 1. The van der Waals surface area contributed by atoms with Crippen LogP contribution in [0, 0.1) is 0 Å². The predicted octanol–water partition coefficient (Wildman–Crippen LogP) is 4.45. The fourth-order valence-corrected chi connectivity index (χ4v) is 2.62. The first-order valence-electron chi connectivity index (χ1n) is 7.65. The molecule has 1 unspecified atom stereocenters. The minimum atomic E-state index is -1.88. The van der Waals surface area contributed by atoms with Gasteiger partial charge in [0, 0.05) is 18.8 Å². The Labute approximate surface area is 125 Å². The zero-order valence-corrected chi connectivity index (χ0v) is 13.5. The summed E-state index contributed by atoms with van der Waals surface area (Å²) in [5, 5.41) is 0. The summed E-state index contributed by atoms with van der Waals surface area (Å²) in [5.74, 6) is 0. The summed E-state index contributed by atoms with van der Waals surface area (Å²) in [6.07, 6.45) is 7.37. The van der Waals surface area contributed by atoms with E-state index in [1.807, 2.05) is 12.1 Å². The van der Waals surface area contributed by atoms with Crippen molar-refractivity contribution in [3.8, 4) is 0 Å². The highest BCUT2D eigenvalue weighted by molar-refractivity contribution is 7.79. The van der Waals surface area contributed by atoms with E-state index in [1.165, 1.54) is 38.5 Å². The van der Waals surface area contributed by atoms with Crippen LogP contribution in [-0.2, 0) is 11.1 Å². The quantitative estimate of drug-likeness (QED) is 0.512. The van der Waals surface area contributed by atoms with Crippen molar-refractivity contribution in [3.05, 3.63) is 24.3 Å². The average molecular weight is 297 g/mol. The van der Waals surface area contributed by atoms with Crippen LogP contribution in [-0.4, -0.2) is 21.9 Å². The van der Waals surface area contributed by atoms with Gasteiger partial charge in [-0.15, -0.1) is 0 Å². The number of benzene rings is 1. The van der Waals surface area contributed by atoms with E-state index >= 15 is 0 Å². The Morgan fingerprint density at radius 1 is 0.950 bits per heavy atom. The number of anilines is 1. The van der Waals surface area contributed by atoms with Crippen LogP contribution < -0.4 is 4.90 Å². The molecule has 0 aliphatic carbocycles. The molecule has 0 fully saturated rings. The third-order valence-corrected chi connectivity index (χ3v) is 4.14. The van der Waals surface area contributed by atoms with Crippen molar-refractivity contribution >= 4 is 16.8 Å². The van der Waals surface area contributed by atoms with Gasteiger partial charge in [0.2, 0.25) is 0 Å². The van der Waals surface area contributed by atoms with E-state index in [2.05, 4.69) is 18.7 Å². The second-order valence-corrected chi connectivity index (χ2v) is 6.11. The first-order valence-corrected chi connectivity index (χ1v) is 8.75. The summed E-state index contributed by atoms with van der Waals surface area (Å²) in [7, 11) is 0. The molecule has 1 aromatic carbocycles. The lowest BCUT2D eigenvalue weighted by molar-refractivity contribution is 0.564. The molecule has 0 amide bonds. The van der Waals surface area contributed by atoms with Crippen LogP contribution in [0.25, 0.3) is 0 Å². The lowest BCUT2D eigenvalue weighted by Crippen LogP contribution is -2.25. The largest absolute Gasteiger partial charge is 0.372 e. The van der Waals surface area contributed by atoms with Crippen molar-refractivity contribution in [2.24, 2.45) is 0 Å². The van der Waals surface area contributed by atoms with Crippen LogP contribution >= 0.6 is 0 Å². The number of rotatable bonds is 10. The Bertz CT molecular complexity index is 382. The lowest BCUT2D eigenvalue weighted by Gasteiger charge is -2.25. The summed E-state index contributed by atoms with van der Waals surface area (Å²) in [4.78, 5) is 2.87. The van der Waals surface area contributed by atoms with Gasteiger partial charge >= 0.3 is 0 Å². The van der Waals surface area contributed by atoms with Gasteiger partial charge < -0.3 is 9.45 Å². The predicted molar refractivity (Wildman–Crippen MR) is 86.7 cm³/mol. The molecule has 0 saturated heterocycles. The average Bonchev–Trinajstić information content (AvgIpc) is 2.46. The Morgan fingerprint density at radius 3 is 1.85 bits per heavy atom. The highest BCUT2D eigenvalue weighted by Crippen LogP contribution is 2.18. The van der Waals surface area contributed by atoms with Gasteiger partial charge in [0.1, 0.15) is 0 Å². The maximum Gasteiger partial charge on any atom is 0.186 e. The van der Waals surface area contributed by atoms with E-state index in [0.29, 0.717) is 4.90 Å². The zero-order chi connectivity index (χ0) is 14.8. The number of hydrogen-bond acceptors (Lipinski definition) is 2. The molecule has 20 heavy (non-hydrogen) atoms. The molecule has 0 saturated carbocycles. The van der Waals surface area contributed by atoms with Gasteiger partial charge in [-0.1, -0.05) is 39.5 Å². The molecule has 0 aromatic heterocycles. The van der Waals surface area contributed by atoms with Crippen LogP contribution in [0.5, 0.6) is 0 Å². The number of unbranched alkanes of at least 4 members (excludes halogenated alkanes) is 4. The Kier molecular flexibility index (Phi) is 8.54. The molecule has 114 valence electrons. The fourth-order valence-electron chi connectivity index (χ4n) is 2.25. The topological polar surface area (TPSA) is 40.5 Å². The van der Waals surface area contributed by atoms with Gasteiger partial charge in [0.15, 0.2) is 11.1 Å². The van der Waals surface area contributed by atoms with E-state index in [9.17, 15) is 4.21 Å². The van der Waals surface area contributed by atoms with Crippen molar-refractivity contribution in [1.29, 1.82) is 0 Å². The normalized spacial score (nSPS) is 12.3. The van der Waals surface area contributed by atoms with Gasteiger partial charge in [0.05, 0.1) is 4.90 Å². The fraction of sp³-hybridized carbons (Fsp3) is 0.625. The summed E-state index contributed by atoms with van der Waals surface area (Å²) >= 11 is -1.88. The smallest absolute Gasteiger partial charge is 0.186 e. The summed E-state index contributed by atoms with van der Waals surface area (Å²) in [6.45, 7) is 6.57. The molecule has 1 rings (SSSR count). The zero-order valence-electron chi connectivity index (χ0n) is 12.7. The summed E-state index contributed by atoms with van der Waals surface area (Å²) in [6, 6.07) is 7.42. The van der Waals surface area contributed by atoms with Crippen molar-refractivity contribution in [3.63, 3.8) is 0 Å². The molecule has 0 radical (unpaired) electrons. The van der Waals surface area contributed by atoms with Gasteiger partial charge in [-0.2, -0.15) is 0 Å². The first kappa shape index (κ1) is 17.2. The minimum Gasteiger partial charge on any atom is -0.372 e. The third kappa shape index (κ3) is 6.06. The number of hydrogen-bond donors (Lipinski definition) is 1. The van der Waals surface area contributed by atoms with Crippen molar-refractivity contribution < 1.29 is 8.76 Å². The molecular weight excluding hydrogens is 270 g/mol. The molecule has 0 aliphatic rings. The Morgan fingerprint density at radius 2 is 1.45 bits per heavy atom. The standard InChI is InChI=1S/C16H27NO2S/c1-3-5-7-13-17(14-8-6-4-2)15-9-11-16(12-10-15)20(18)19/h9-12H,3-8,13-14H2,1-2H3,(H,18,19). The molecule has 0 spiro atoms. The Hall–Kier alpha value is -0.870. The molecule has 4 heteroatoms. The van der Waals surface area contributed by atoms with Crippen molar-refractivity contribution in [1.82, 2.24) is 0 Å². The molecule has 3 nitrogen and oxygen atoms in total. The summed E-state index contributed by atoms with van der Waals surface area (Å²) < 4.78 is 20.1.